The number of aliphatic hydroxyl groups excluding tert-OH is 1. The Morgan fingerprint density at radius 2 is 1.47 bits per heavy atom. The molecule has 1 unspecified atom stereocenters. The molecule has 0 radical (unpaired) electrons. The molecule has 1 N–H and O–H groups in total. The predicted octanol–water partition coefficient (Wildman–Crippen LogP) is 3.44. The molecule has 0 spiro atoms. The molecule has 0 rings (SSSR count). The summed E-state index contributed by atoms with van der Waals surface area (Å²) in [6.45, 7) is 2.23. The first kappa shape index (κ1) is 16.4. The lowest BCUT2D eigenvalue weighted by Crippen LogP contribution is -2.21. The molecule has 17 heavy (non-hydrogen) atoms. The van der Waals surface area contributed by atoms with Crippen LogP contribution in [-0.2, 0) is 9.53 Å². The summed E-state index contributed by atoms with van der Waals surface area (Å²) < 4.78 is 4.46. The van der Waals surface area contributed by atoms with Gasteiger partial charge < -0.3 is 9.84 Å². The first-order chi connectivity index (χ1) is 8.22. The van der Waals surface area contributed by atoms with Gasteiger partial charge in [0.2, 0.25) is 0 Å². The van der Waals surface area contributed by atoms with Crippen molar-refractivity contribution >= 4 is 5.97 Å². The van der Waals surface area contributed by atoms with E-state index < -0.39 is 12.1 Å². The Bertz CT molecular complexity index is 180. The Balaban J connectivity index is 3.15. The van der Waals surface area contributed by atoms with Crippen LogP contribution in [0, 0.1) is 0 Å². The Labute approximate surface area is 106 Å². The number of aliphatic hydroxyl groups is 1. The van der Waals surface area contributed by atoms with Crippen molar-refractivity contribution in [3.8, 4) is 0 Å². The van der Waals surface area contributed by atoms with Crippen molar-refractivity contribution in [1.82, 2.24) is 0 Å². The fourth-order valence-electron chi connectivity index (χ4n) is 1.90. The lowest BCUT2D eigenvalue weighted by atomic mass is 10.1. The smallest absolute Gasteiger partial charge is 0.334 e. The summed E-state index contributed by atoms with van der Waals surface area (Å²) in [4.78, 5) is 10.9. The van der Waals surface area contributed by atoms with Gasteiger partial charge in [0.15, 0.2) is 6.10 Å². The topological polar surface area (TPSA) is 46.5 Å². The van der Waals surface area contributed by atoms with Gasteiger partial charge in [0.05, 0.1) is 7.11 Å². The molecule has 0 bridgehead atoms. The van der Waals surface area contributed by atoms with Crippen LogP contribution in [0.4, 0.5) is 0 Å². The Hall–Kier alpha value is -0.570. The minimum absolute atomic E-state index is 0.510. The predicted molar refractivity (Wildman–Crippen MR) is 69.9 cm³/mol. The zero-order chi connectivity index (χ0) is 12.9. The molecule has 0 aliphatic heterocycles. The number of hydrogen-bond donors (Lipinski definition) is 1. The standard InChI is InChI=1S/C14H28O3/c1-3-4-5-6-7-8-9-10-11-12-13(15)14(16)17-2/h13,15H,3-12H2,1-2H3. The molecule has 102 valence electrons. The van der Waals surface area contributed by atoms with Crippen molar-refractivity contribution in [3.05, 3.63) is 0 Å². The number of carbonyl (C=O) groups excluding carboxylic acids is 1. The molecule has 1 atom stereocenters. The Morgan fingerprint density at radius 3 is 1.94 bits per heavy atom. The first-order valence-electron chi connectivity index (χ1n) is 6.98. The van der Waals surface area contributed by atoms with E-state index in [4.69, 9.17) is 0 Å². The Kier molecular flexibility index (Phi) is 11.5. The van der Waals surface area contributed by atoms with Gasteiger partial charge in [-0.3, -0.25) is 0 Å². The summed E-state index contributed by atoms with van der Waals surface area (Å²) in [5, 5.41) is 9.34. The van der Waals surface area contributed by atoms with Gasteiger partial charge in [0.1, 0.15) is 0 Å². The summed E-state index contributed by atoms with van der Waals surface area (Å²) in [6.07, 6.45) is 10.8. The van der Waals surface area contributed by atoms with E-state index in [1.165, 1.54) is 52.1 Å². The van der Waals surface area contributed by atoms with Gasteiger partial charge in [0.25, 0.3) is 0 Å². The molecule has 0 aliphatic carbocycles. The van der Waals surface area contributed by atoms with Crippen LogP contribution in [-0.4, -0.2) is 24.3 Å². The number of unbranched alkanes of at least 4 members (excludes halogenated alkanes) is 8. The van der Waals surface area contributed by atoms with Gasteiger partial charge in [-0.2, -0.15) is 0 Å². The van der Waals surface area contributed by atoms with Crippen LogP contribution < -0.4 is 0 Å². The largest absolute Gasteiger partial charge is 0.467 e. The summed E-state index contributed by atoms with van der Waals surface area (Å²) in [7, 11) is 1.31. The minimum atomic E-state index is -0.926. The van der Waals surface area contributed by atoms with Crippen LogP contribution in [0.1, 0.15) is 71.1 Å². The van der Waals surface area contributed by atoms with Gasteiger partial charge in [-0.15, -0.1) is 0 Å². The number of rotatable bonds is 11. The maximum Gasteiger partial charge on any atom is 0.334 e. The second kappa shape index (κ2) is 11.9. The SMILES string of the molecule is CCCCCCCCCCCC(O)C(=O)OC. The summed E-state index contributed by atoms with van der Waals surface area (Å²) in [5.41, 5.74) is 0. The second-order valence-corrected chi connectivity index (χ2v) is 4.66. The van der Waals surface area contributed by atoms with Crippen LogP contribution in [0.3, 0.4) is 0 Å². The van der Waals surface area contributed by atoms with E-state index in [0.29, 0.717) is 6.42 Å². The lowest BCUT2D eigenvalue weighted by Gasteiger charge is -2.07. The molecule has 0 aromatic carbocycles. The van der Waals surface area contributed by atoms with Gasteiger partial charge >= 0.3 is 5.97 Å². The van der Waals surface area contributed by atoms with E-state index in [1.807, 2.05) is 0 Å². The third-order valence-corrected chi connectivity index (χ3v) is 3.05. The zero-order valence-corrected chi connectivity index (χ0v) is 11.4. The highest BCUT2D eigenvalue weighted by Gasteiger charge is 2.13. The minimum Gasteiger partial charge on any atom is -0.467 e. The molecule has 0 heterocycles. The molecular weight excluding hydrogens is 216 g/mol. The van der Waals surface area contributed by atoms with Crippen molar-refractivity contribution in [3.63, 3.8) is 0 Å². The van der Waals surface area contributed by atoms with Crippen LogP contribution in [0.15, 0.2) is 0 Å². The van der Waals surface area contributed by atoms with E-state index in [-0.39, 0.29) is 0 Å². The zero-order valence-electron chi connectivity index (χ0n) is 11.4. The van der Waals surface area contributed by atoms with E-state index in [2.05, 4.69) is 11.7 Å². The molecule has 0 aromatic heterocycles. The average Bonchev–Trinajstić information content (AvgIpc) is 2.35. The molecular formula is C14H28O3. The third kappa shape index (κ3) is 10.3. The summed E-state index contributed by atoms with van der Waals surface area (Å²) in [6, 6.07) is 0. The number of ether oxygens (including phenoxy) is 1. The molecule has 0 aliphatic rings. The van der Waals surface area contributed by atoms with E-state index in [0.717, 1.165) is 12.8 Å². The van der Waals surface area contributed by atoms with Crippen LogP contribution in [0.25, 0.3) is 0 Å². The highest BCUT2D eigenvalue weighted by Crippen LogP contribution is 2.11. The van der Waals surface area contributed by atoms with E-state index in [1.54, 1.807) is 0 Å². The molecule has 3 nitrogen and oxygen atoms in total. The van der Waals surface area contributed by atoms with Crippen molar-refractivity contribution in [1.29, 1.82) is 0 Å². The lowest BCUT2D eigenvalue weighted by molar-refractivity contribution is -0.150. The van der Waals surface area contributed by atoms with E-state index in [9.17, 15) is 9.90 Å². The van der Waals surface area contributed by atoms with Crippen molar-refractivity contribution in [2.24, 2.45) is 0 Å². The highest BCUT2D eigenvalue weighted by atomic mass is 16.5. The third-order valence-electron chi connectivity index (χ3n) is 3.05. The van der Waals surface area contributed by atoms with Crippen LogP contribution in [0.2, 0.25) is 0 Å². The number of esters is 1. The van der Waals surface area contributed by atoms with E-state index >= 15 is 0 Å². The fraction of sp³-hybridized carbons (Fsp3) is 0.929. The molecule has 0 fully saturated rings. The normalized spacial score (nSPS) is 12.4. The Morgan fingerprint density at radius 1 is 1.00 bits per heavy atom. The fourth-order valence-corrected chi connectivity index (χ4v) is 1.90. The maximum absolute atomic E-state index is 10.9. The highest BCUT2D eigenvalue weighted by molar-refractivity contribution is 5.74. The number of methoxy groups -OCH3 is 1. The van der Waals surface area contributed by atoms with Gasteiger partial charge in [-0.05, 0) is 6.42 Å². The second-order valence-electron chi connectivity index (χ2n) is 4.66. The molecule has 0 saturated carbocycles. The molecule has 0 aromatic rings. The van der Waals surface area contributed by atoms with Gasteiger partial charge in [0, 0.05) is 0 Å². The maximum atomic E-state index is 10.9. The molecule has 0 amide bonds. The van der Waals surface area contributed by atoms with Crippen molar-refractivity contribution in [2.45, 2.75) is 77.2 Å². The summed E-state index contributed by atoms with van der Waals surface area (Å²) in [5.74, 6) is -0.510. The van der Waals surface area contributed by atoms with Gasteiger partial charge in [-0.25, -0.2) is 4.79 Å². The molecule has 3 heteroatoms. The average molecular weight is 244 g/mol. The van der Waals surface area contributed by atoms with Crippen LogP contribution >= 0.6 is 0 Å². The summed E-state index contributed by atoms with van der Waals surface area (Å²) >= 11 is 0. The molecule has 0 saturated heterocycles. The number of hydrogen-bond acceptors (Lipinski definition) is 3. The van der Waals surface area contributed by atoms with Gasteiger partial charge in [-0.1, -0.05) is 64.7 Å². The first-order valence-corrected chi connectivity index (χ1v) is 6.98. The monoisotopic (exact) mass is 244 g/mol. The van der Waals surface area contributed by atoms with Crippen LogP contribution in [0.5, 0.6) is 0 Å². The van der Waals surface area contributed by atoms with Crippen molar-refractivity contribution < 1.29 is 14.6 Å². The van der Waals surface area contributed by atoms with Crippen molar-refractivity contribution in [2.75, 3.05) is 7.11 Å². The quantitative estimate of drug-likeness (QED) is 0.447. The number of carbonyl (C=O) groups is 1.